The van der Waals surface area contributed by atoms with Crippen LogP contribution in [-0.2, 0) is 21.5 Å². The molecule has 0 fully saturated rings. The van der Waals surface area contributed by atoms with E-state index in [4.69, 9.17) is 0 Å². The van der Waals surface area contributed by atoms with Gasteiger partial charge in [0.1, 0.15) is 0 Å². The fraction of sp³-hybridized carbons (Fsp3) is 0.350. The Kier molecular flexibility index (Phi) is 6.28. The van der Waals surface area contributed by atoms with Crippen molar-refractivity contribution in [3.63, 3.8) is 0 Å². The van der Waals surface area contributed by atoms with Gasteiger partial charge in [0.25, 0.3) is 0 Å². The minimum atomic E-state index is -0.638. The highest BCUT2D eigenvalue weighted by Crippen LogP contribution is 2.23. The van der Waals surface area contributed by atoms with E-state index in [1.165, 1.54) is 0 Å². The third kappa shape index (κ3) is 5.41. The predicted molar refractivity (Wildman–Crippen MR) is 97.9 cm³/mol. The van der Waals surface area contributed by atoms with Crippen molar-refractivity contribution in [2.75, 3.05) is 6.54 Å². The first kappa shape index (κ1) is 18.6. The summed E-state index contributed by atoms with van der Waals surface area (Å²) < 4.78 is 0. The van der Waals surface area contributed by atoms with Crippen molar-refractivity contribution in [2.24, 2.45) is 0 Å². The highest BCUT2D eigenvalue weighted by molar-refractivity contribution is 5.87. The average Bonchev–Trinajstić information content (AvgIpc) is 2.61. The molecule has 5 heteroatoms. The van der Waals surface area contributed by atoms with E-state index >= 15 is 0 Å². The van der Waals surface area contributed by atoms with E-state index in [0.29, 0.717) is 13.1 Å². The number of benzene rings is 1. The molecule has 5 nitrogen and oxygen atoms in total. The molecule has 1 aromatic carbocycles. The van der Waals surface area contributed by atoms with Gasteiger partial charge in [0.05, 0.1) is 5.41 Å². The van der Waals surface area contributed by atoms with Crippen LogP contribution in [0.15, 0.2) is 48.8 Å². The van der Waals surface area contributed by atoms with E-state index < -0.39 is 5.41 Å². The third-order valence-electron chi connectivity index (χ3n) is 4.22. The molecule has 2 aromatic rings. The molecule has 0 atom stereocenters. The number of nitrogens with one attached hydrogen (secondary N) is 2. The van der Waals surface area contributed by atoms with Crippen LogP contribution in [0, 0.1) is 6.92 Å². The number of amides is 2. The molecule has 2 amide bonds. The Morgan fingerprint density at radius 2 is 1.64 bits per heavy atom. The van der Waals surface area contributed by atoms with Crippen molar-refractivity contribution in [1.29, 1.82) is 0 Å². The summed E-state index contributed by atoms with van der Waals surface area (Å²) in [6.07, 6.45) is 3.63. The van der Waals surface area contributed by atoms with Gasteiger partial charge in [-0.05, 0) is 44.0 Å². The summed E-state index contributed by atoms with van der Waals surface area (Å²) in [7, 11) is 0. The first-order chi connectivity index (χ1) is 11.9. The van der Waals surface area contributed by atoms with Crippen molar-refractivity contribution in [3.8, 4) is 0 Å². The molecule has 2 N–H and O–H groups in total. The van der Waals surface area contributed by atoms with E-state index in [0.717, 1.165) is 16.7 Å². The molecule has 0 aliphatic heterocycles. The number of aryl methyl sites for hydroxylation is 1. The van der Waals surface area contributed by atoms with Crippen LogP contribution in [0.2, 0.25) is 0 Å². The monoisotopic (exact) mass is 339 g/mol. The first-order valence-corrected chi connectivity index (χ1v) is 8.40. The quantitative estimate of drug-likeness (QED) is 0.814. The van der Waals surface area contributed by atoms with E-state index in [9.17, 15) is 9.59 Å². The molecule has 0 spiro atoms. The van der Waals surface area contributed by atoms with Crippen LogP contribution in [0.4, 0.5) is 0 Å². The van der Waals surface area contributed by atoms with Gasteiger partial charge in [-0.15, -0.1) is 0 Å². The van der Waals surface area contributed by atoms with Crippen molar-refractivity contribution >= 4 is 11.8 Å². The summed E-state index contributed by atoms with van der Waals surface area (Å²) in [4.78, 5) is 28.3. The van der Waals surface area contributed by atoms with Gasteiger partial charge in [-0.2, -0.15) is 0 Å². The maximum Gasteiger partial charge on any atom is 0.230 e. The van der Waals surface area contributed by atoms with E-state index in [-0.39, 0.29) is 18.2 Å². The van der Waals surface area contributed by atoms with Gasteiger partial charge >= 0.3 is 0 Å². The van der Waals surface area contributed by atoms with Gasteiger partial charge in [0.15, 0.2) is 0 Å². The highest BCUT2D eigenvalue weighted by atomic mass is 16.2. The number of pyridine rings is 1. The van der Waals surface area contributed by atoms with Crippen LogP contribution in [0.25, 0.3) is 0 Å². The number of carbonyl (C=O) groups excluding carboxylic acids is 2. The lowest BCUT2D eigenvalue weighted by molar-refractivity contribution is -0.126. The number of rotatable bonds is 7. The second-order valence-electron chi connectivity index (χ2n) is 6.63. The second kappa shape index (κ2) is 8.42. The standard InChI is InChI=1S/C20H25N3O2/c1-15-4-6-17(7-5-15)20(2,3)19(25)22-13-10-18(24)23-14-16-8-11-21-12-9-16/h4-9,11-12H,10,13-14H2,1-3H3,(H,22,25)(H,23,24). The Labute approximate surface area is 148 Å². The lowest BCUT2D eigenvalue weighted by Crippen LogP contribution is -2.41. The molecule has 0 saturated heterocycles. The summed E-state index contributed by atoms with van der Waals surface area (Å²) >= 11 is 0. The molecule has 0 aliphatic rings. The molecule has 0 aliphatic carbocycles. The lowest BCUT2D eigenvalue weighted by atomic mass is 9.83. The summed E-state index contributed by atoms with van der Waals surface area (Å²) in [6, 6.07) is 11.6. The predicted octanol–water partition coefficient (Wildman–Crippen LogP) is 2.49. The van der Waals surface area contributed by atoms with Gasteiger partial charge in [-0.3, -0.25) is 14.6 Å². The number of hydrogen-bond donors (Lipinski definition) is 2. The fourth-order valence-corrected chi connectivity index (χ4v) is 2.40. The summed E-state index contributed by atoms with van der Waals surface area (Å²) in [6.45, 7) is 6.56. The minimum Gasteiger partial charge on any atom is -0.355 e. The molecule has 0 bridgehead atoms. The molecule has 132 valence electrons. The van der Waals surface area contributed by atoms with Crippen molar-refractivity contribution in [3.05, 3.63) is 65.5 Å². The molecular weight excluding hydrogens is 314 g/mol. The minimum absolute atomic E-state index is 0.0849. The number of hydrogen-bond acceptors (Lipinski definition) is 3. The topological polar surface area (TPSA) is 71.1 Å². The zero-order valence-corrected chi connectivity index (χ0v) is 15.0. The second-order valence-corrected chi connectivity index (χ2v) is 6.63. The van der Waals surface area contributed by atoms with Crippen molar-refractivity contribution in [2.45, 2.75) is 39.2 Å². The van der Waals surface area contributed by atoms with Crippen LogP contribution >= 0.6 is 0 Å². The van der Waals surface area contributed by atoms with E-state index in [1.807, 2.05) is 57.2 Å². The molecule has 0 unspecified atom stereocenters. The number of nitrogens with zero attached hydrogens (tertiary/aromatic N) is 1. The Bertz CT molecular complexity index is 709. The molecule has 1 aromatic heterocycles. The van der Waals surface area contributed by atoms with Crippen LogP contribution in [-0.4, -0.2) is 23.3 Å². The van der Waals surface area contributed by atoms with Crippen LogP contribution < -0.4 is 10.6 Å². The highest BCUT2D eigenvalue weighted by Gasteiger charge is 2.29. The summed E-state index contributed by atoms with van der Waals surface area (Å²) in [5.41, 5.74) is 2.47. The maximum absolute atomic E-state index is 12.5. The van der Waals surface area contributed by atoms with Crippen molar-refractivity contribution < 1.29 is 9.59 Å². The lowest BCUT2D eigenvalue weighted by Gasteiger charge is -2.24. The van der Waals surface area contributed by atoms with E-state index in [2.05, 4.69) is 15.6 Å². The molecule has 0 radical (unpaired) electrons. The van der Waals surface area contributed by atoms with Gasteiger partial charge < -0.3 is 10.6 Å². The van der Waals surface area contributed by atoms with Crippen molar-refractivity contribution in [1.82, 2.24) is 15.6 Å². The number of aromatic nitrogens is 1. The molecule has 2 rings (SSSR count). The van der Waals surface area contributed by atoms with Gasteiger partial charge in [-0.1, -0.05) is 29.8 Å². The Balaban J connectivity index is 1.77. The molecule has 1 heterocycles. The summed E-state index contributed by atoms with van der Waals surface area (Å²) in [5, 5.41) is 5.69. The molecule has 0 saturated carbocycles. The van der Waals surface area contributed by atoms with Crippen LogP contribution in [0.3, 0.4) is 0 Å². The van der Waals surface area contributed by atoms with Gasteiger partial charge in [0.2, 0.25) is 11.8 Å². The Hall–Kier alpha value is -2.69. The van der Waals surface area contributed by atoms with E-state index in [1.54, 1.807) is 12.4 Å². The number of carbonyl (C=O) groups is 2. The summed E-state index contributed by atoms with van der Waals surface area (Å²) in [5.74, 6) is -0.177. The maximum atomic E-state index is 12.5. The normalized spacial score (nSPS) is 11.0. The van der Waals surface area contributed by atoms with Gasteiger partial charge in [0, 0.05) is 31.9 Å². The Morgan fingerprint density at radius 1 is 1.00 bits per heavy atom. The largest absolute Gasteiger partial charge is 0.355 e. The zero-order chi connectivity index (χ0) is 18.3. The molecular formula is C20H25N3O2. The average molecular weight is 339 g/mol. The zero-order valence-electron chi connectivity index (χ0n) is 15.0. The van der Waals surface area contributed by atoms with Gasteiger partial charge in [-0.25, -0.2) is 0 Å². The first-order valence-electron chi connectivity index (χ1n) is 8.40. The molecule has 25 heavy (non-hydrogen) atoms. The smallest absolute Gasteiger partial charge is 0.230 e. The van der Waals surface area contributed by atoms with Crippen LogP contribution in [0.1, 0.15) is 37.0 Å². The third-order valence-corrected chi connectivity index (χ3v) is 4.22. The Morgan fingerprint density at radius 3 is 2.28 bits per heavy atom. The SMILES string of the molecule is Cc1ccc(C(C)(C)C(=O)NCCC(=O)NCc2ccncc2)cc1. The fourth-order valence-electron chi connectivity index (χ4n) is 2.40. The van der Waals surface area contributed by atoms with Crippen LogP contribution in [0.5, 0.6) is 0 Å².